The third-order valence-electron chi connectivity index (χ3n) is 2.50. The van der Waals surface area contributed by atoms with Gasteiger partial charge in [0.2, 0.25) is 5.91 Å². The fourth-order valence-corrected chi connectivity index (χ4v) is 1.53. The van der Waals surface area contributed by atoms with Crippen molar-refractivity contribution in [2.24, 2.45) is 11.8 Å². The van der Waals surface area contributed by atoms with E-state index in [4.69, 9.17) is 5.84 Å². The Bertz CT molecular complexity index is 176. The fourth-order valence-electron chi connectivity index (χ4n) is 1.53. The zero-order valence-electron chi connectivity index (χ0n) is 8.42. The van der Waals surface area contributed by atoms with Gasteiger partial charge in [0.25, 0.3) is 0 Å². The van der Waals surface area contributed by atoms with Gasteiger partial charge in [0, 0.05) is 12.0 Å². The number of hydrazine groups is 1. The minimum absolute atomic E-state index is 0.0940. The Kier molecular flexibility index (Phi) is 3.69. The first-order valence-electron chi connectivity index (χ1n) is 4.91. The lowest BCUT2D eigenvalue weighted by molar-refractivity contribution is -0.138. The van der Waals surface area contributed by atoms with E-state index in [1.807, 2.05) is 13.8 Å². The van der Waals surface area contributed by atoms with E-state index in [2.05, 4.69) is 5.32 Å². The highest BCUT2D eigenvalue weighted by Gasteiger charge is 2.25. The Morgan fingerprint density at radius 1 is 1.46 bits per heavy atom. The van der Waals surface area contributed by atoms with E-state index < -0.39 is 0 Å². The van der Waals surface area contributed by atoms with Gasteiger partial charge < -0.3 is 5.32 Å². The molecular weight excluding hydrogens is 166 g/mol. The summed E-state index contributed by atoms with van der Waals surface area (Å²) in [7, 11) is 0. The lowest BCUT2D eigenvalue weighted by atomic mass is 9.97. The number of nitrogens with zero attached hydrogens (tertiary/aromatic N) is 1. The molecule has 0 radical (unpaired) electrons. The number of amides is 1. The van der Waals surface area contributed by atoms with Crippen molar-refractivity contribution in [3.63, 3.8) is 0 Å². The van der Waals surface area contributed by atoms with E-state index in [0.717, 1.165) is 25.9 Å². The maximum Gasteiger partial charge on any atom is 0.239 e. The van der Waals surface area contributed by atoms with Crippen molar-refractivity contribution in [1.82, 2.24) is 10.3 Å². The molecule has 0 aromatic carbocycles. The fraction of sp³-hybridized carbons (Fsp3) is 0.889. The molecular formula is C9H19N3O. The molecule has 0 aromatic rings. The van der Waals surface area contributed by atoms with E-state index in [1.165, 1.54) is 5.01 Å². The topological polar surface area (TPSA) is 58.4 Å². The molecule has 3 N–H and O–H groups in total. The summed E-state index contributed by atoms with van der Waals surface area (Å²) in [5.41, 5.74) is 0. The predicted molar refractivity (Wildman–Crippen MR) is 51.8 cm³/mol. The number of rotatable bonds is 2. The van der Waals surface area contributed by atoms with Crippen LogP contribution in [0.5, 0.6) is 0 Å². The summed E-state index contributed by atoms with van der Waals surface area (Å²) in [4.78, 5) is 11.7. The van der Waals surface area contributed by atoms with Gasteiger partial charge >= 0.3 is 0 Å². The van der Waals surface area contributed by atoms with Crippen LogP contribution in [0.1, 0.15) is 26.7 Å². The second-order valence-electron chi connectivity index (χ2n) is 3.86. The molecule has 0 unspecified atom stereocenters. The molecule has 1 aliphatic rings. The standard InChI is InChI=1S/C9H19N3O/c1-7(2)12(10)9(13)8-3-5-11-6-4-8/h7-8,11H,3-6,10H2,1-2H3. The SMILES string of the molecule is CC(C)N(N)C(=O)C1CCNCC1. The molecule has 1 heterocycles. The predicted octanol–water partition coefficient (Wildman–Crippen LogP) is 0.0967. The molecule has 1 rings (SSSR count). The average molecular weight is 185 g/mol. The smallest absolute Gasteiger partial charge is 0.239 e. The maximum absolute atomic E-state index is 11.7. The van der Waals surface area contributed by atoms with E-state index in [1.54, 1.807) is 0 Å². The molecule has 1 saturated heterocycles. The molecule has 1 amide bonds. The highest BCUT2D eigenvalue weighted by molar-refractivity contribution is 5.78. The molecule has 1 fully saturated rings. The van der Waals surface area contributed by atoms with Gasteiger partial charge in [0.1, 0.15) is 0 Å². The molecule has 1 aliphatic heterocycles. The number of nitrogens with two attached hydrogens (primary N) is 1. The van der Waals surface area contributed by atoms with Gasteiger partial charge in [-0.15, -0.1) is 0 Å². The molecule has 0 bridgehead atoms. The van der Waals surface area contributed by atoms with Crippen LogP contribution in [0.25, 0.3) is 0 Å². The normalized spacial score (nSPS) is 19.1. The van der Waals surface area contributed by atoms with E-state index in [0.29, 0.717) is 0 Å². The minimum Gasteiger partial charge on any atom is -0.317 e. The number of carbonyl (C=O) groups is 1. The molecule has 0 spiro atoms. The van der Waals surface area contributed by atoms with Gasteiger partial charge in [0.15, 0.2) is 0 Å². The number of hydrogen-bond donors (Lipinski definition) is 2. The molecule has 4 heteroatoms. The first-order valence-corrected chi connectivity index (χ1v) is 4.91. The molecule has 0 aromatic heterocycles. The molecule has 0 atom stereocenters. The Hall–Kier alpha value is -0.610. The second kappa shape index (κ2) is 4.58. The summed E-state index contributed by atoms with van der Waals surface area (Å²) in [6.07, 6.45) is 1.83. The van der Waals surface area contributed by atoms with Gasteiger partial charge in [0.05, 0.1) is 0 Å². The van der Waals surface area contributed by atoms with Gasteiger partial charge in [-0.05, 0) is 39.8 Å². The Morgan fingerprint density at radius 2 is 2.00 bits per heavy atom. The van der Waals surface area contributed by atoms with Crippen molar-refractivity contribution in [3.05, 3.63) is 0 Å². The van der Waals surface area contributed by atoms with Crippen LogP contribution in [0.4, 0.5) is 0 Å². The van der Waals surface area contributed by atoms with Crippen LogP contribution < -0.4 is 11.2 Å². The summed E-state index contributed by atoms with van der Waals surface area (Å²) in [5.74, 6) is 5.88. The zero-order chi connectivity index (χ0) is 9.84. The summed E-state index contributed by atoms with van der Waals surface area (Å²) in [6.45, 7) is 5.72. The number of hydrogen-bond acceptors (Lipinski definition) is 3. The van der Waals surface area contributed by atoms with Crippen LogP contribution in [-0.2, 0) is 4.79 Å². The highest BCUT2D eigenvalue weighted by atomic mass is 16.2. The maximum atomic E-state index is 11.7. The van der Waals surface area contributed by atoms with Crippen LogP contribution >= 0.6 is 0 Å². The Labute approximate surface area is 79.4 Å². The van der Waals surface area contributed by atoms with Crippen molar-refractivity contribution >= 4 is 5.91 Å². The van der Waals surface area contributed by atoms with Gasteiger partial charge in [-0.2, -0.15) is 0 Å². The largest absolute Gasteiger partial charge is 0.317 e. The van der Waals surface area contributed by atoms with E-state index in [9.17, 15) is 4.79 Å². The first kappa shape index (κ1) is 10.5. The Balaban J connectivity index is 2.45. The second-order valence-corrected chi connectivity index (χ2v) is 3.86. The third-order valence-corrected chi connectivity index (χ3v) is 2.50. The van der Waals surface area contributed by atoms with Crippen LogP contribution in [-0.4, -0.2) is 30.0 Å². The molecule has 0 aliphatic carbocycles. The number of piperidine rings is 1. The summed E-state index contributed by atoms with van der Waals surface area (Å²) >= 11 is 0. The lowest BCUT2D eigenvalue weighted by Gasteiger charge is -2.28. The van der Waals surface area contributed by atoms with Crippen molar-refractivity contribution < 1.29 is 4.79 Å². The van der Waals surface area contributed by atoms with Crippen molar-refractivity contribution in [1.29, 1.82) is 0 Å². The van der Waals surface area contributed by atoms with Crippen molar-refractivity contribution in [2.45, 2.75) is 32.7 Å². The van der Waals surface area contributed by atoms with Gasteiger partial charge in [-0.3, -0.25) is 9.80 Å². The summed E-state index contributed by atoms with van der Waals surface area (Å²) in [6, 6.07) is 0.0994. The molecule has 76 valence electrons. The van der Waals surface area contributed by atoms with Crippen molar-refractivity contribution in [3.8, 4) is 0 Å². The third kappa shape index (κ3) is 2.67. The molecule has 13 heavy (non-hydrogen) atoms. The van der Waals surface area contributed by atoms with E-state index in [-0.39, 0.29) is 17.9 Å². The molecule has 0 saturated carbocycles. The first-order chi connectivity index (χ1) is 6.13. The van der Waals surface area contributed by atoms with Crippen LogP contribution in [0.2, 0.25) is 0 Å². The zero-order valence-corrected chi connectivity index (χ0v) is 8.42. The van der Waals surface area contributed by atoms with Crippen LogP contribution in [0, 0.1) is 5.92 Å². The van der Waals surface area contributed by atoms with Gasteiger partial charge in [-0.1, -0.05) is 0 Å². The van der Waals surface area contributed by atoms with Crippen LogP contribution in [0.3, 0.4) is 0 Å². The van der Waals surface area contributed by atoms with Crippen LogP contribution in [0.15, 0.2) is 0 Å². The average Bonchev–Trinajstić information content (AvgIpc) is 2.17. The quantitative estimate of drug-likeness (QED) is 0.364. The summed E-state index contributed by atoms with van der Waals surface area (Å²) in [5, 5.41) is 4.58. The van der Waals surface area contributed by atoms with Gasteiger partial charge in [-0.25, -0.2) is 5.84 Å². The summed E-state index contributed by atoms with van der Waals surface area (Å²) < 4.78 is 0. The number of carbonyl (C=O) groups excluding carboxylic acids is 1. The lowest BCUT2D eigenvalue weighted by Crippen LogP contribution is -2.48. The highest BCUT2D eigenvalue weighted by Crippen LogP contribution is 2.14. The van der Waals surface area contributed by atoms with E-state index >= 15 is 0 Å². The monoisotopic (exact) mass is 185 g/mol. The molecule has 4 nitrogen and oxygen atoms in total. The van der Waals surface area contributed by atoms with Crippen molar-refractivity contribution in [2.75, 3.05) is 13.1 Å². The Morgan fingerprint density at radius 3 is 2.46 bits per heavy atom. The minimum atomic E-state index is 0.0940. The number of nitrogens with one attached hydrogen (secondary N) is 1.